The lowest BCUT2D eigenvalue weighted by atomic mass is 10.2. The van der Waals surface area contributed by atoms with E-state index in [-0.39, 0.29) is 11.6 Å². The number of ether oxygens (including phenoxy) is 1. The van der Waals surface area contributed by atoms with Gasteiger partial charge in [0.15, 0.2) is 6.61 Å². The van der Waals surface area contributed by atoms with E-state index in [2.05, 4.69) is 15.7 Å². The summed E-state index contributed by atoms with van der Waals surface area (Å²) in [6.45, 7) is 6.61. The molecule has 3 amide bonds. The molecule has 1 aromatic carbocycles. The van der Waals surface area contributed by atoms with Crippen molar-refractivity contribution in [2.75, 3.05) is 6.61 Å². The second-order valence-corrected chi connectivity index (χ2v) is 6.57. The molecule has 9 heteroatoms. The second kappa shape index (κ2) is 8.68. The van der Waals surface area contributed by atoms with Crippen molar-refractivity contribution in [3.63, 3.8) is 0 Å². The van der Waals surface area contributed by atoms with Crippen molar-refractivity contribution >= 4 is 29.5 Å². The number of halogens is 1. The molecular formula is C18H21ClN4O4. The van der Waals surface area contributed by atoms with Crippen LogP contribution in [-0.4, -0.2) is 40.3 Å². The van der Waals surface area contributed by atoms with Crippen LogP contribution in [0.4, 0.5) is 4.79 Å². The maximum absolute atomic E-state index is 12.0. The van der Waals surface area contributed by atoms with Crippen LogP contribution in [0.5, 0.6) is 0 Å². The van der Waals surface area contributed by atoms with E-state index in [0.717, 1.165) is 11.4 Å². The predicted molar refractivity (Wildman–Crippen MR) is 100 cm³/mol. The molecular weight excluding hydrogens is 372 g/mol. The Morgan fingerprint density at radius 2 is 1.81 bits per heavy atom. The number of benzene rings is 1. The standard InChI is InChI=1S/C18H21ClN4O4/c1-10(2)20-18(26)21-15(24)9-27-17(25)13-5-7-14(8-6-13)23-12(4)16(19)11(3)22-23/h5-8,10H,9H2,1-4H3,(H2,20,21,24,26). The van der Waals surface area contributed by atoms with E-state index < -0.39 is 24.5 Å². The third-order valence-corrected chi connectivity index (χ3v) is 4.10. The Morgan fingerprint density at radius 1 is 1.19 bits per heavy atom. The molecule has 0 saturated heterocycles. The van der Waals surface area contributed by atoms with Crippen molar-refractivity contribution in [3.8, 4) is 5.69 Å². The molecule has 144 valence electrons. The van der Waals surface area contributed by atoms with Gasteiger partial charge in [-0.2, -0.15) is 5.10 Å². The molecule has 1 aromatic heterocycles. The number of rotatable bonds is 5. The lowest BCUT2D eigenvalue weighted by Gasteiger charge is -2.10. The number of urea groups is 1. The van der Waals surface area contributed by atoms with E-state index in [0.29, 0.717) is 10.7 Å². The highest BCUT2D eigenvalue weighted by Crippen LogP contribution is 2.22. The van der Waals surface area contributed by atoms with Crippen LogP contribution in [0.25, 0.3) is 5.69 Å². The summed E-state index contributed by atoms with van der Waals surface area (Å²) in [7, 11) is 0. The van der Waals surface area contributed by atoms with Crippen LogP contribution in [0.15, 0.2) is 24.3 Å². The second-order valence-electron chi connectivity index (χ2n) is 6.20. The minimum absolute atomic E-state index is 0.115. The zero-order chi connectivity index (χ0) is 20.1. The number of nitrogens with zero attached hydrogens (tertiary/aromatic N) is 2. The van der Waals surface area contributed by atoms with Crippen LogP contribution in [0.2, 0.25) is 5.02 Å². The molecule has 2 aromatic rings. The molecule has 0 unspecified atom stereocenters. The first-order valence-electron chi connectivity index (χ1n) is 8.28. The fourth-order valence-electron chi connectivity index (χ4n) is 2.29. The first kappa shape index (κ1) is 20.4. The summed E-state index contributed by atoms with van der Waals surface area (Å²) in [5.74, 6) is -1.39. The molecule has 0 radical (unpaired) electrons. The maximum Gasteiger partial charge on any atom is 0.338 e. The number of hydrogen-bond donors (Lipinski definition) is 2. The lowest BCUT2D eigenvalue weighted by molar-refractivity contribution is -0.123. The smallest absolute Gasteiger partial charge is 0.338 e. The van der Waals surface area contributed by atoms with Crippen molar-refractivity contribution in [1.29, 1.82) is 0 Å². The largest absolute Gasteiger partial charge is 0.452 e. The monoisotopic (exact) mass is 392 g/mol. The van der Waals surface area contributed by atoms with Gasteiger partial charge in [-0.3, -0.25) is 10.1 Å². The van der Waals surface area contributed by atoms with Gasteiger partial charge < -0.3 is 10.1 Å². The average molecular weight is 393 g/mol. The SMILES string of the molecule is Cc1nn(-c2ccc(C(=O)OCC(=O)NC(=O)NC(C)C)cc2)c(C)c1Cl. The maximum atomic E-state index is 12.0. The zero-order valence-electron chi connectivity index (χ0n) is 15.5. The number of hydrogen-bond acceptors (Lipinski definition) is 5. The molecule has 0 spiro atoms. The number of imide groups is 1. The van der Waals surface area contributed by atoms with E-state index in [1.54, 1.807) is 42.8 Å². The van der Waals surface area contributed by atoms with E-state index in [9.17, 15) is 14.4 Å². The summed E-state index contributed by atoms with van der Waals surface area (Å²) >= 11 is 6.14. The van der Waals surface area contributed by atoms with Crippen LogP contribution < -0.4 is 10.6 Å². The summed E-state index contributed by atoms with van der Waals surface area (Å²) < 4.78 is 6.59. The fraction of sp³-hybridized carbons (Fsp3) is 0.333. The number of nitrogens with one attached hydrogen (secondary N) is 2. The van der Waals surface area contributed by atoms with E-state index in [1.165, 1.54) is 0 Å². The van der Waals surface area contributed by atoms with Gasteiger partial charge in [0.2, 0.25) is 0 Å². The molecule has 0 fully saturated rings. The molecule has 0 aliphatic carbocycles. The van der Waals surface area contributed by atoms with Gasteiger partial charge in [-0.25, -0.2) is 14.3 Å². The van der Waals surface area contributed by atoms with Crippen molar-refractivity contribution in [2.45, 2.75) is 33.7 Å². The van der Waals surface area contributed by atoms with Gasteiger partial charge in [0, 0.05) is 6.04 Å². The van der Waals surface area contributed by atoms with Crippen LogP contribution >= 0.6 is 11.6 Å². The Morgan fingerprint density at radius 3 is 2.33 bits per heavy atom. The van der Waals surface area contributed by atoms with Crippen LogP contribution in [0.3, 0.4) is 0 Å². The van der Waals surface area contributed by atoms with E-state index >= 15 is 0 Å². The highest BCUT2D eigenvalue weighted by molar-refractivity contribution is 6.31. The number of carbonyl (C=O) groups excluding carboxylic acids is 3. The van der Waals surface area contributed by atoms with Crippen molar-refractivity contribution in [1.82, 2.24) is 20.4 Å². The summed E-state index contributed by atoms with van der Waals surface area (Å²) in [5.41, 5.74) is 2.51. The van der Waals surface area contributed by atoms with Crippen LogP contribution in [0, 0.1) is 13.8 Å². The van der Waals surface area contributed by atoms with Crippen LogP contribution in [-0.2, 0) is 9.53 Å². The molecule has 1 heterocycles. The number of aromatic nitrogens is 2. The van der Waals surface area contributed by atoms with Crippen molar-refractivity contribution in [2.24, 2.45) is 0 Å². The molecule has 0 aliphatic heterocycles. The highest BCUT2D eigenvalue weighted by atomic mass is 35.5. The van der Waals surface area contributed by atoms with Gasteiger partial charge in [0.05, 0.1) is 27.7 Å². The summed E-state index contributed by atoms with van der Waals surface area (Å²) in [6, 6.07) is 5.76. The Hall–Kier alpha value is -2.87. The summed E-state index contributed by atoms with van der Waals surface area (Å²) in [4.78, 5) is 35.1. The lowest BCUT2D eigenvalue weighted by Crippen LogP contribution is -2.44. The number of esters is 1. The van der Waals surface area contributed by atoms with Gasteiger partial charge >= 0.3 is 12.0 Å². The molecule has 2 N–H and O–H groups in total. The molecule has 27 heavy (non-hydrogen) atoms. The number of amides is 3. The third-order valence-electron chi connectivity index (χ3n) is 3.56. The molecule has 8 nitrogen and oxygen atoms in total. The normalized spacial score (nSPS) is 10.6. The van der Waals surface area contributed by atoms with E-state index in [4.69, 9.17) is 16.3 Å². The van der Waals surface area contributed by atoms with Gasteiger partial charge in [-0.1, -0.05) is 11.6 Å². The molecule has 2 rings (SSSR count). The first-order valence-corrected chi connectivity index (χ1v) is 8.66. The Labute approximate surface area is 161 Å². The highest BCUT2D eigenvalue weighted by Gasteiger charge is 2.14. The van der Waals surface area contributed by atoms with Gasteiger partial charge in [0.25, 0.3) is 5.91 Å². The van der Waals surface area contributed by atoms with Crippen molar-refractivity contribution in [3.05, 3.63) is 46.2 Å². The van der Waals surface area contributed by atoms with Gasteiger partial charge in [-0.05, 0) is 52.0 Å². The number of carbonyl (C=O) groups is 3. The minimum atomic E-state index is -0.713. The quantitative estimate of drug-likeness (QED) is 0.761. The fourth-order valence-corrected chi connectivity index (χ4v) is 2.41. The summed E-state index contributed by atoms with van der Waals surface area (Å²) in [5, 5.41) is 9.50. The summed E-state index contributed by atoms with van der Waals surface area (Å²) in [6.07, 6.45) is 0. The molecule has 0 aliphatic rings. The minimum Gasteiger partial charge on any atom is -0.452 e. The first-order chi connectivity index (χ1) is 12.7. The molecule has 0 atom stereocenters. The Bertz CT molecular complexity index is 859. The van der Waals surface area contributed by atoms with E-state index in [1.807, 2.05) is 13.8 Å². The van der Waals surface area contributed by atoms with Gasteiger partial charge in [-0.15, -0.1) is 0 Å². The third kappa shape index (κ3) is 5.30. The van der Waals surface area contributed by atoms with Crippen LogP contribution in [0.1, 0.15) is 35.6 Å². The Balaban J connectivity index is 1.95. The topological polar surface area (TPSA) is 102 Å². The van der Waals surface area contributed by atoms with Crippen molar-refractivity contribution < 1.29 is 19.1 Å². The number of aryl methyl sites for hydroxylation is 1. The van der Waals surface area contributed by atoms with Gasteiger partial charge in [0.1, 0.15) is 0 Å². The Kier molecular flexibility index (Phi) is 6.57. The molecule has 0 bridgehead atoms. The zero-order valence-corrected chi connectivity index (χ0v) is 16.3. The predicted octanol–water partition coefficient (Wildman–Crippen LogP) is 2.53. The average Bonchev–Trinajstić information content (AvgIpc) is 2.86. The molecule has 0 saturated carbocycles.